The first-order chi connectivity index (χ1) is 11.4. The number of carbonyl (C=O) groups is 2. The third-order valence-electron chi connectivity index (χ3n) is 3.82. The third kappa shape index (κ3) is 4.12. The zero-order valence-electron chi connectivity index (χ0n) is 13.1. The Kier molecular flexibility index (Phi) is 5.56. The molecule has 24 heavy (non-hydrogen) atoms. The van der Waals surface area contributed by atoms with Crippen LogP contribution in [0.5, 0.6) is 11.5 Å². The molecule has 0 saturated carbocycles. The fraction of sp³-hybridized carbons (Fsp3) is 0.467. The number of hydrogen-bond acceptors (Lipinski definition) is 6. The second kappa shape index (κ2) is 7.62. The van der Waals surface area contributed by atoms with Crippen LogP contribution in [0.25, 0.3) is 0 Å². The molecular weight excluding hydrogens is 320 g/mol. The maximum absolute atomic E-state index is 12.2. The van der Waals surface area contributed by atoms with E-state index in [1.165, 1.54) is 30.2 Å². The number of hydrogen-bond donors (Lipinski definition) is 1. The quantitative estimate of drug-likeness (QED) is 0.590. The highest BCUT2D eigenvalue weighted by Gasteiger charge is 2.30. The summed E-state index contributed by atoms with van der Waals surface area (Å²) in [5.41, 5.74) is -0.197. The summed E-state index contributed by atoms with van der Waals surface area (Å²) >= 11 is 0. The molecule has 1 amide bonds. The number of likely N-dealkylation sites (tertiary alicyclic amines) is 1. The lowest BCUT2D eigenvalue weighted by atomic mass is 10.1. The first-order valence-electron chi connectivity index (χ1n) is 7.39. The van der Waals surface area contributed by atoms with Gasteiger partial charge < -0.3 is 19.5 Å². The molecule has 0 aliphatic carbocycles. The van der Waals surface area contributed by atoms with Crippen molar-refractivity contribution in [2.45, 2.75) is 25.3 Å². The summed E-state index contributed by atoms with van der Waals surface area (Å²) < 4.78 is 10.3. The Labute approximate surface area is 137 Å². The van der Waals surface area contributed by atoms with Crippen molar-refractivity contribution < 1.29 is 29.1 Å². The molecule has 9 heteroatoms. The van der Waals surface area contributed by atoms with Crippen LogP contribution in [0.3, 0.4) is 0 Å². The zero-order chi connectivity index (χ0) is 17.7. The van der Waals surface area contributed by atoms with Crippen molar-refractivity contribution in [2.24, 2.45) is 0 Å². The maximum atomic E-state index is 12.2. The molecule has 1 atom stereocenters. The van der Waals surface area contributed by atoms with Gasteiger partial charge in [-0.15, -0.1) is 0 Å². The topological polar surface area (TPSA) is 119 Å². The second-order valence-corrected chi connectivity index (χ2v) is 5.36. The van der Waals surface area contributed by atoms with Gasteiger partial charge in [0.1, 0.15) is 5.75 Å². The molecule has 1 saturated heterocycles. The predicted octanol–water partition coefficient (Wildman–Crippen LogP) is 1.45. The first-order valence-corrected chi connectivity index (χ1v) is 7.39. The van der Waals surface area contributed by atoms with E-state index in [2.05, 4.69) is 0 Å². The smallest absolute Gasteiger partial charge is 0.311 e. The number of rotatable bonds is 7. The normalized spacial score (nSPS) is 16.7. The Balaban J connectivity index is 1.98. The number of amides is 1. The average Bonchev–Trinajstić information content (AvgIpc) is 2.99. The molecule has 1 aliphatic heterocycles. The van der Waals surface area contributed by atoms with E-state index in [1.807, 2.05) is 0 Å². The zero-order valence-corrected chi connectivity index (χ0v) is 13.1. The predicted molar refractivity (Wildman–Crippen MR) is 82.1 cm³/mol. The Morgan fingerprint density at radius 1 is 1.46 bits per heavy atom. The van der Waals surface area contributed by atoms with E-state index < -0.39 is 10.9 Å². The SMILES string of the molecule is COc1cc(OCC(=O)N2CCCC2CC(=O)O)ccc1[N+](=O)[O-]. The van der Waals surface area contributed by atoms with Crippen LogP contribution in [0.4, 0.5) is 5.69 Å². The molecule has 9 nitrogen and oxygen atoms in total. The largest absolute Gasteiger partial charge is 0.490 e. The number of nitro benzene ring substituents is 1. The van der Waals surface area contributed by atoms with Gasteiger partial charge in [0.2, 0.25) is 5.75 Å². The van der Waals surface area contributed by atoms with Gasteiger partial charge >= 0.3 is 11.7 Å². The van der Waals surface area contributed by atoms with Crippen molar-refractivity contribution in [1.29, 1.82) is 0 Å². The Hall–Kier alpha value is -2.84. The summed E-state index contributed by atoms with van der Waals surface area (Å²) in [6, 6.07) is 3.64. The van der Waals surface area contributed by atoms with Crippen LogP contribution in [-0.2, 0) is 9.59 Å². The lowest BCUT2D eigenvalue weighted by molar-refractivity contribution is -0.385. The molecule has 1 fully saturated rings. The van der Waals surface area contributed by atoms with E-state index in [0.717, 1.165) is 6.42 Å². The van der Waals surface area contributed by atoms with Gasteiger partial charge in [-0.1, -0.05) is 0 Å². The Morgan fingerprint density at radius 2 is 2.21 bits per heavy atom. The molecule has 2 rings (SSSR count). The van der Waals surface area contributed by atoms with Crippen molar-refractivity contribution in [3.63, 3.8) is 0 Å². The summed E-state index contributed by atoms with van der Waals surface area (Å²) in [5.74, 6) is -0.952. The summed E-state index contributed by atoms with van der Waals surface area (Å²) in [5, 5.41) is 19.7. The Bertz CT molecular complexity index is 647. The fourth-order valence-corrected chi connectivity index (χ4v) is 2.70. The van der Waals surface area contributed by atoms with Gasteiger partial charge in [0, 0.05) is 24.7 Å². The molecule has 130 valence electrons. The summed E-state index contributed by atoms with van der Waals surface area (Å²) in [4.78, 5) is 34.8. The number of nitro groups is 1. The number of carboxylic acids is 1. The monoisotopic (exact) mass is 338 g/mol. The van der Waals surface area contributed by atoms with Crippen LogP contribution in [0.15, 0.2) is 18.2 Å². The minimum atomic E-state index is -0.944. The molecule has 0 radical (unpaired) electrons. The van der Waals surface area contributed by atoms with Crippen molar-refractivity contribution >= 4 is 17.6 Å². The third-order valence-corrected chi connectivity index (χ3v) is 3.82. The van der Waals surface area contributed by atoms with Crippen LogP contribution in [0.1, 0.15) is 19.3 Å². The number of nitrogens with zero attached hydrogens (tertiary/aromatic N) is 2. The second-order valence-electron chi connectivity index (χ2n) is 5.36. The van der Waals surface area contributed by atoms with Gasteiger partial charge in [0.25, 0.3) is 5.91 Å². The minimum absolute atomic E-state index is 0.0369. The highest BCUT2D eigenvalue weighted by molar-refractivity contribution is 5.79. The van der Waals surface area contributed by atoms with Crippen LogP contribution in [-0.4, -0.2) is 53.1 Å². The van der Waals surface area contributed by atoms with E-state index in [0.29, 0.717) is 13.0 Å². The summed E-state index contributed by atoms with van der Waals surface area (Å²) in [7, 11) is 1.30. The van der Waals surface area contributed by atoms with Gasteiger partial charge in [-0.2, -0.15) is 0 Å². The summed E-state index contributed by atoms with van der Waals surface area (Å²) in [6.45, 7) is 0.237. The molecule has 1 N–H and O–H groups in total. The van der Waals surface area contributed by atoms with E-state index in [1.54, 1.807) is 0 Å². The number of carbonyl (C=O) groups excluding carboxylic acids is 1. The highest BCUT2D eigenvalue weighted by Crippen LogP contribution is 2.31. The van der Waals surface area contributed by atoms with Crippen molar-refractivity contribution in [3.05, 3.63) is 28.3 Å². The molecule has 1 unspecified atom stereocenters. The van der Waals surface area contributed by atoms with E-state index in [-0.39, 0.29) is 42.2 Å². The van der Waals surface area contributed by atoms with E-state index in [9.17, 15) is 19.7 Å². The molecule has 0 aromatic heterocycles. The van der Waals surface area contributed by atoms with Crippen molar-refractivity contribution in [2.75, 3.05) is 20.3 Å². The number of ether oxygens (including phenoxy) is 2. The highest BCUT2D eigenvalue weighted by atomic mass is 16.6. The van der Waals surface area contributed by atoms with Gasteiger partial charge in [-0.05, 0) is 18.9 Å². The molecule has 0 spiro atoms. The van der Waals surface area contributed by atoms with Gasteiger partial charge in [-0.3, -0.25) is 19.7 Å². The van der Waals surface area contributed by atoms with Gasteiger partial charge in [-0.25, -0.2) is 0 Å². The van der Waals surface area contributed by atoms with Gasteiger partial charge in [0.05, 0.1) is 18.5 Å². The molecular formula is C15H18N2O7. The fourth-order valence-electron chi connectivity index (χ4n) is 2.70. The summed E-state index contributed by atoms with van der Waals surface area (Å²) in [6.07, 6.45) is 1.33. The standard InChI is InChI=1S/C15H18N2O7/c1-23-13-8-11(4-5-12(13)17(21)22)24-9-14(18)16-6-2-3-10(16)7-15(19)20/h4-5,8,10H,2-3,6-7,9H2,1H3,(H,19,20). The number of benzene rings is 1. The molecule has 1 aliphatic rings. The van der Waals surface area contributed by atoms with Crippen LogP contribution in [0, 0.1) is 10.1 Å². The van der Waals surface area contributed by atoms with Crippen LogP contribution >= 0.6 is 0 Å². The van der Waals surface area contributed by atoms with Crippen LogP contribution < -0.4 is 9.47 Å². The Morgan fingerprint density at radius 3 is 2.83 bits per heavy atom. The molecule has 1 aromatic carbocycles. The van der Waals surface area contributed by atoms with E-state index in [4.69, 9.17) is 14.6 Å². The lowest BCUT2D eigenvalue weighted by Crippen LogP contribution is -2.39. The average molecular weight is 338 g/mol. The molecule has 1 heterocycles. The number of carboxylic acid groups (broad SMARTS) is 1. The van der Waals surface area contributed by atoms with Crippen molar-refractivity contribution in [3.8, 4) is 11.5 Å². The molecule has 1 aromatic rings. The molecule has 0 bridgehead atoms. The maximum Gasteiger partial charge on any atom is 0.311 e. The first kappa shape index (κ1) is 17.5. The minimum Gasteiger partial charge on any atom is -0.490 e. The number of methoxy groups -OCH3 is 1. The lowest BCUT2D eigenvalue weighted by Gasteiger charge is -2.23. The van der Waals surface area contributed by atoms with E-state index >= 15 is 0 Å². The van der Waals surface area contributed by atoms with Crippen molar-refractivity contribution in [1.82, 2.24) is 4.90 Å². The van der Waals surface area contributed by atoms with Crippen LogP contribution in [0.2, 0.25) is 0 Å². The number of aliphatic carboxylic acids is 1. The van der Waals surface area contributed by atoms with Gasteiger partial charge in [0.15, 0.2) is 6.61 Å².